The Morgan fingerprint density at radius 2 is 0.824 bits per heavy atom. The van der Waals surface area contributed by atoms with Gasteiger partial charge in [0, 0.05) is 84.5 Å². The zero-order chi connectivity index (χ0) is 109. The monoisotopic (exact) mass is 2310 g/mol. The van der Waals surface area contributed by atoms with E-state index in [0.29, 0.717) is 82.2 Å². The normalized spacial score (nSPS) is 12.8. The number of carboxylic acids is 1. The van der Waals surface area contributed by atoms with Gasteiger partial charge in [0.05, 0.1) is 121 Å². The third-order valence-electron chi connectivity index (χ3n) is 18.7. The Morgan fingerprint density at radius 3 is 1.22 bits per heavy atom. The van der Waals surface area contributed by atoms with Crippen molar-refractivity contribution in [3.05, 3.63) is 217 Å². The summed E-state index contributed by atoms with van der Waals surface area (Å²) in [5, 5.41) is 72.1. The molecule has 56 heteroatoms. The number of carboxylic acid groups (broad SMARTS) is 1. The molecule has 0 fully saturated rings. The molecule has 0 atom stereocenters. The van der Waals surface area contributed by atoms with Crippen LogP contribution in [0.25, 0.3) is 11.4 Å². The summed E-state index contributed by atoms with van der Waals surface area (Å²) in [6.45, 7) is 23.7. The van der Waals surface area contributed by atoms with E-state index in [2.05, 4.69) is 130 Å². The molecule has 142 heavy (non-hydrogen) atoms. The number of fused-ring (bicyclic) bond motifs is 8. The molecular weight excluding hydrogens is 2210 g/mol. The maximum absolute atomic E-state index is 14.4. The Morgan fingerprint density at radius 1 is 0.507 bits per heavy atom. The number of carbonyl (C=O) groups is 3. The van der Waals surface area contributed by atoms with Gasteiger partial charge in [-0.05, 0) is 134 Å². The van der Waals surface area contributed by atoms with Crippen molar-refractivity contribution >= 4 is 155 Å². The van der Waals surface area contributed by atoms with E-state index in [9.17, 15) is 105 Å². The molecule has 0 aliphatic carbocycles. The van der Waals surface area contributed by atoms with Crippen molar-refractivity contribution in [1.29, 1.82) is 0 Å². The number of thiocarbonyl (C=S) groups is 1. The molecule has 0 saturated heterocycles. The van der Waals surface area contributed by atoms with Crippen molar-refractivity contribution in [3.63, 3.8) is 0 Å². The second-order valence-electron chi connectivity index (χ2n) is 31.1. The van der Waals surface area contributed by atoms with Crippen LogP contribution in [0.2, 0.25) is 0 Å². The van der Waals surface area contributed by atoms with E-state index < -0.39 is 154 Å². The number of aromatic nitrogens is 6. The molecule has 0 unspecified atom stereocenters. The Kier molecular flexibility index (Phi) is 49.2. The van der Waals surface area contributed by atoms with Crippen molar-refractivity contribution in [2.24, 2.45) is 10.0 Å². The third-order valence-corrected chi connectivity index (χ3v) is 20.9. The van der Waals surface area contributed by atoms with Crippen molar-refractivity contribution < 1.29 is 143 Å². The Hall–Kier alpha value is -12.4. The molecule has 8 aromatic carbocycles. The van der Waals surface area contributed by atoms with Crippen LogP contribution >= 0.6 is 79.5 Å². The van der Waals surface area contributed by atoms with Crippen molar-refractivity contribution in [1.82, 2.24) is 35.7 Å². The Labute approximate surface area is 845 Å². The zero-order valence-corrected chi connectivity index (χ0v) is 86.9. The first-order valence-electron chi connectivity index (χ1n) is 39.4. The number of halogens is 19. The number of nitro benzene ring substituents is 2. The van der Waals surface area contributed by atoms with Gasteiger partial charge in [-0.15, -0.1) is 20.4 Å². The number of ether oxygens (including phenoxy) is 7. The number of nitrogens with zero attached hydrogens (tertiary/aromatic N) is 9. The summed E-state index contributed by atoms with van der Waals surface area (Å²) < 4.78 is 250. The predicted molar refractivity (Wildman–Crippen MR) is 521 cm³/mol. The summed E-state index contributed by atoms with van der Waals surface area (Å²) >= 11 is 16.5. The standard InChI is InChI=1S/C13H13BrF2N4O.C13H14F2N4O.C12H13F2NO2.C12H13F2NOS.C7H6BrF2NO.C7H5F2NO3.C7H7F2NO.C6H3F2NO3.C4H9NO2.C3H6O.CH3I.CH4O.BHNS.H3N/c1-5-18-19-12-13(2,3)17-9-8(16)7(15)6(14)11(21-4)10(9)20(5)12;1-6-17-18-12-13(2,3)16-10-9(15)7(14)5-8(20-4)11(10)19(6)12;1-12(2)9(16)4-6-8(17-3)5-7(13)10(14)11(6)15-12;1-12(2)9(17)4-6-8(16-3)5-7(13)10(14)11(6)15-12;1-12-4-2-3(9)6(10)5(8)7(4)11;1-13-7-3-5(9)4(8)2-6(7)10(11)12;1-11-7-3-5(9)4(8)2-6(7)10;7-3-1-5(9(11)12)6(10)2-4(3)8;1-4(2,5)3(6)7;1-3(2)4;2*1-2;1-2-3;/h17H,1-4H3;5,16H,1-4H3;2*5,15H,4H2,1-3H3;2H,11H2,1H3;2-3H,1H3;2-3H,10H2,1H3;1-2,10H;5H2,1-2H3,(H,6,7);1-2H3;1H3;2H,1H3;3H;1H3. The number of hydrogen-bond donors (Lipinski definition) is 12. The molecule has 14 rings (SSSR count). The number of aromatic hydroxyl groups is 1. The summed E-state index contributed by atoms with van der Waals surface area (Å²) in [6.07, 6.45) is 0.445. The molecule has 0 amide bonds. The molecule has 4 aliphatic heterocycles. The number of benzene rings is 8. The van der Waals surface area contributed by atoms with Gasteiger partial charge in [0.15, 0.2) is 128 Å². The number of alkyl halides is 1. The number of ketones is 2. The van der Waals surface area contributed by atoms with Gasteiger partial charge < -0.3 is 97.9 Å². The molecule has 16 N–H and O–H groups in total. The fourth-order valence-corrected chi connectivity index (χ4v) is 12.9. The van der Waals surface area contributed by atoms with Gasteiger partial charge in [0.25, 0.3) is 0 Å². The minimum absolute atomic E-state index is 0. The van der Waals surface area contributed by atoms with Gasteiger partial charge in [0.2, 0.25) is 0 Å². The van der Waals surface area contributed by atoms with Crippen LogP contribution in [0.4, 0.5) is 116 Å². The van der Waals surface area contributed by atoms with Crippen LogP contribution < -0.4 is 77.8 Å². The second kappa shape index (κ2) is 54.7. The van der Waals surface area contributed by atoms with Gasteiger partial charge in [-0.25, -0.2) is 70.2 Å². The van der Waals surface area contributed by atoms with Crippen molar-refractivity contribution in [2.45, 2.75) is 137 Å². The summed E-state index contributed by atoms with van der Waals surface area (Å²) in [6, 6.07) is 7.52. The second-order valence-corrected chi connectivity index (χ2v) is 33.4. The Balaban J connectivity index is 0.000000797. The fraction of sp³-hybridized carbons (Fsp3) is 0.349. The number of Topliss-reactive ketones (excluding diaryl/α,β-unsaturated/α-hetero) is 2. The number of aliphatic carboxylic acids is 1. The van der Waals surface area contributed by atoms with Crippen LogP contribution in [0.5, 0.6) is 46.0 Å². The number of aryl methyl sites for hydroxylation is 2. The van der Waals surface area contributed by atoms with E-state index in [-0.39, 0.29) is 102 Å². The first-order valence-corrected chi connectivity index (χ1v) is 43.9. The number of carbonyl (C=O) groups excluding carboxylic acids is 2. The van der Waals surface area contributed by atoms with Gasteiger partial charge in [-0.2, -0.15) is 0 Å². The average Bonchev–Trinajstić information content (AvgIpc) is 1.47. The predicted octanol–water partition coefficient (Wildman–Crippen LogP) is 19.9. The number of aliphatic hydroxyl groups is 1. The topological polar surface area (TPSA) is 498 Å². The number of aliphatic hydroxyl groups excluding tert-OH is 1. The average molecular weight is 2310 g/mol. The summed E-state index contributed by atoms with van der Waals surface area (Å²) in [5.74, 6) is -15.2. The molecular formula is C86H100BBr2F16IN17O17S2. The van der Waals surface area contributed by atoms with Crippen molar-refractivity contribution in [3.8, 4) is 57.4 Å². The number of phenols is 1. The van der Waals surface area contributed by atoms with Gasteiger partial charge in [0.1, 0.15) is 78.9 Å². The molecule has 6 heterocycles. The third kappa shape index (κ3) is 31.8. The number of phenolic OH excluding ortho intramolecular Hbond substituents is 1. The number of nitrogen functional groups attached to an aromatic ring is 2. The molecule has 4 aliphatic rings. The number of nitrogens with one attached hydrogen (secondary N) is 4. The van der Waals surface area contributed by atoms with Gasteiger partial charge >= 0.3 is 42.1 Å². The fourth-order valence-electron chi connectivity index (χ4n) is 11.8. The zero-order valence-electron chi connectivity index (χ0n) is 79.8. The summed E-state index contributed by atoms with van der Waals surface area (Å²) in [7, 11) is 14.7. The first kappa shape index (κ1) is 128. The van der Waals surface area contributed by atoms with E-state index in [1.54, 1.807) is 36.8 Å². The van der Waals surface area contributed by atoms with Crippen LogP contribution in [0.3, 0.4) is 0 Å². The number of rotatable bonds is 10. The number of thiol groups is 1. The number of methoxy groups -OCH3 is 7. The van der Waals surface area contributed by atoms with Crippen molar-refractivity contribution in [2.75, 3.05) is 94.5 Å². The van der Waals surface area contributed by atoms with Crippen LogP contribution in [0.1, 0.15) is 118 Å². The molecule has 0 saturated carbocycles. The molecule has 779 valence electrons. The quantitative estimate of drug-likeness (QED) is 0.00578. The summed E-state index contributed by atoms with van der Waals surface area (Å²) in [4.78, 5) is 52.3. The van der Waals surface area contributed by atoms with Crippen LogP contribution in [0.15, 0.2) is 73.9 Å². The first-order chi connectivity index (χ1) is 65.3. The summed E-state index contributed by atoms with van der Waals surface area (Å²) in [5.41, 5.74) is 12.5. The molecule has 0 bridgehead atoms. The molecule has 0 spiro atoms. The van der Waals surface area contributed by atoms with Crippen LogP contribution in [0, 0.1) is 127 Å². The molecule has 10 aromatic rings. The molecule has 34 nitrogen and oxygen atoms in total. The minimum atomic E-state index is -1.36. The molecule has 2 aromatic heterocycles. The number of nitro groups is 2. The van der Waals surface area contributed by atoms with E-state index >= 15 is 0 Å². The SMILES string of the molecule is CC(C)(N)C(=O)O.CC(C)=O.CI.CO.COc1c(Br)c(F)c(F)c2c1-n1c(C)nnc1C(C)(C)N2.COc1cc(F)c(F)c(Br)c1N.COc1cc(F)c(F)c2c1-n1c(C)nnc1C(C)(C)N2.COc1cc(F)c(F)c2c1CC(=O)C(C)(C)N2.COc1cc(F)c(F)c2c1CC(=S)C(C)(C)N2.COc1cc(F)c(F)cc1N.COc1cc(F)c(F)cc1[N+](=O)[O-].N.O=[N+]([O-])c1cc(F)c(F)cc1O.[B]=NS. The van der Waals surface area contributed by atoms with E-state index in [1.807, 2.05) is 46.5 Å². The van der Waals surface area contributed by atoms with Crippen LogP contribution in [-0.2, 0) is 38.3 Å². The molecule has 1 radical (unpaired) electrons. The van der Waals surface area contributed by atoms with E-state index in [1.165, 1.54) is 70.4 Å². The number of anilines is 6. The van der Waals surface area contributed by atoms with E-state index in [0.717, 1.165) is 55.5 Å². The Bertz CT molecular complexity index is 6150. The number of hydrogen-bond acceptors (Lipinski definition) is 31. The number of nitrogens with two attached hydrogens (primary N) is 3. The van der Waals surface area contributed by atoms with Gasteiger partial charge in [-0.3, -0.25) is 39.0 Å². The van der Waals surface area contributed by atoms with Crippen LogP contribution in [-0.4, -0.2) is 163 Å². The van der Waals surface area contributed by atoms with Gasteiger partial charge in [-0.1, -0.05) is 34.8 Å². The van der Waals surface area contributed by atoms with E-state index in [4.69, 9.17) is 68.4 Å². The maximum atomic E-state index is 14.4.